The van der Waals surface area contributed by atoms with E-state index < -0.39 is 5.91 Å². The first-order valence-corrected chi connectivity index (χ1v) is 5.97. The zero-order chi connectivity index (χ0) is 13.8. The molecule has 0 bridgehead atoms. The summed E-state index contributed by atoms with van der Waals surface area (Å²) in [6.45, 7) is 2.37. The van der Waals surface area contributed by atoms with Gasteiger partial charge in [0.25, 0.3) is 5.91 Å². The molecule has 0 radical (unpaired) electrons. The van der Waals surface area contributed by atoms with Crippen LogP contribution in [0.3, 0.4) is 0 Å². The Labute approximate surface area is 110 Å². The number of nitrogens with one attached hydrogen (secondary N) is 1. The molecule has 5 N–H and O–H groups in total. The maximum Gasteiger partial charge on any atom is 0.250 e. The van der Waals surface area contributed by atoms with Crippen LogP contribution in [0.2, 0.25) is 0 Å². The number of carbonyl (C=O) groups is 1. The SMILES string of the molecule is CCc1cnc(CNc2ccc(N)cc2C(N)=O)o1. The summed E-state index contributed by atoms with van der Waals surface area (Å²) in [5.74, 6) is 0.852. The van der Waals surface area contributed by atoms with Gasteiger partial charge in [-0.1, -0.05) is 6.92 Å². The van der Waals surface area contributed by atoms with Gasteiger partial charge in [0.2, 0.25) is 5.89 Å². The van der Waals surface area contributed by atoms with Crippen LogP contribution >= 0.6 is 0 Å². The number of carbonyl (C=O) groups excluding carboxylic acids is 1. The van der Waals surface area contributed by atoms with Gasteiger partial charge in [-0.15, -0.1) is 0 Å². The summed E-state index contributed by atoms with van der Waals surface area (Å²) in [7, 11) is 0. The highest BCUT2D eigenvalue weighted by molar-refractivity contribution is 5.99. The van der Waals surface area contributed by atoms with Crippen molar-refractivity contribution in [1.29, 1.82) is 0 Å². The molecule has 0 atom stereocenters. The number of nitrogens with two attached hydrogens (primary N) is 2. The van der Waals surface area contributed by atoms with Gasteiger partial charge in [-0.2, -0.15) is 0 Å². The summed E-state index contributed by atoms with van der Waals surface area (Å²) >= 11 is 0. The first kappa shape index (κ1) is 12.9. The fourth-order valence-electron chi connectivity index (χ4n) is 1.68. The Hall–Kier alpha value is -2.50. The van der Waals surface area contributed by atoms with E-state index in [1.54, 1.807) is 18.3 Å². The summed E-state index contributed by atoms with van der Waals surface area (Å²) in [6, 6.07) is 4.94. The van der Waals surface area contributed by atoms with Gasteiger partial charge in [-0.05, 0) is 18.2 Å². The minimum absolute atomic E-state index is 0.349. The summed E-state index contributed by atoms with van der Waals surface area (Å²) in [4.78, 5) is 15.4. The first-order valence-electron chi connectivity index (χ1n) is 5.97. The van der Waals surface area contributed by atoms with Crippen LogP contribution < -0.4 is 16.8 Å². The second kappa shape index (κ2) is 5.43. The zero-order valence-corrected chi connectivity index (χ0v) is 10.6. The normalized spacial score (nSPS) is 10.4. The predicted molar refractivity (Wildman–Crippen MR) is 72.6 cm³/mol. The van der Waals surface area contributed by atoms with Crippen LogP contribution in [0.4, 0.5) is 11.4 Å². The van der Waals surface area contributed by atoms with Crippen molar-refractivity contribution in [2.75, 3.05) is 11.1 Å². The Morgan fingerprint density at radius 1 is 1.47 bits per heavy atom. The molecule has 1 heterocycles. The van der Waals surface area contributed by atoms with Crippen molar-refractivity contribution in [3.05, 3.63) is 41.6 Å². The Kier molecular flexibility index (Phi) is 3.70. The number of benzene rings is 1. The number of hydrogen-bond acceptors (Lipinski definition) is 5. The molecule has 6 nitrogen and oxygen atoms in total. The van der Waals surface area contributed by atoms with Crippen LogP contribution in [0, 0.1) is 0 Å². The number of anilines is 2. The predicted octanol–water partition coefficient (Wildman–Crippen LogP) is 1.53. The van der Waals surface area contributed by atoms with Gasteiger partial charge >= 0.3 is 0 Å². The average molecular weight is 260 g/mol. The Bertz CT molecular complexity index is 592. The first-order chi connectivity index (χ1) is 9.10. The van der Waals surface area contributed by atoms with Crippen molar-refractivity contribution in [3.8, 4) is 0 Å². The molecule has 6 heteroatoms. The lowest BCUT2D eigenvalue weighted by atomic mass is 10.1. The third kappa shape index (κ3) is 3.04. The van der Waals surface area contributed by atoms with Crippen molar-refractivity contribution in [1.82, 2.24) is 4.98 Å². The fraction of sp³-hybridized carbons (Fsp3) is 0.231. The number of aryl methyl sites for hydroxylation is 1. The van der Waals surface area contributed by atoms with Crippen LogP contribution in [0.1, 0.15) is 28.9 Å². The van der Waals surface area contributed by atoms with Gasteiger partial charge < -0.3 is 21.2 Å². The summed E-state index contributed by atoms with van der Waals surface area (Å²) in [5.41, 5.74) is 12.4. The van der Waals surface area contributed by atoms with Crippen molar-refractivity contribution in [2.24, 2.45) is 5.73 Å². The molecule has 0 fully saturated rings. The van der Waals surface area contributed by atoms with Crippen LogP contribution in [-0.4, -0.2) is 10.9 Å². The van der Waals surface area contributed by atoms with Gasteiger partial charge in [-0.3, -0.25) is 4.79 Å². The summed E-state index contributed by atoms with van der Waals surface area (Å²) in [5, 5.41) is 3.06. The molecule has 2 aromatic rings. The van der Waals surface area contributed by atoms with E-state index in [0.717, 1.165) is 12.2 Å². The highest BCUT2D eigenvalue weighted by atomic mass is 16.4. The van der Waals surface area contributed by atoms with Crippen LogP contribution in [0.15, 0.2) is 28.8 Å². The Morgan fingerprint density at radius 2 is 2.26 bits per heavy atom. The zero-order valence-electron chi connectivity index (χ0n) is 10.6. The largest absolute Gasteiger partial charge is 0.444 e. The molecular weight excluding hydrogens is 244 g/mol. The van der Waals surface area contributed by atoms with E-state index in [0.29, 0.717) is 29.4 Å². The quantitative estimate of drug-likeness (QED) is 0.707. The van der Waals surface area contributed by atoms with Crippen molar-refractivity contribution >= 4 is 17.3 Å². The molecule has 0 saturated carbocycles. The molecule has 0 unspecified atom stereocenters. The molecule has 0 aliphatic carbocycles. The van der Waals surface area contributed by atoms with Gasteiger partial charge in [-0.25, -0.2) is 4.98 Å². The summed E-state index contributed by atoms with van der Waals surface area (Å²) < 4.78 is 5.46. The van der Waals surface area contributed by atoms with Crippen LogP contribution in [0.5, 0.6) is 0 Å². The average Bonchev–Trinajstić information content (AvgIpc) is 2.85. The van der Waals surface area contributed by atoms with Crippen LogP contribution in [-0.2, 0) is 13.0 Å². The van der Waals surface area contributed by atoms with E-state index in [1.165, 1.54) is 6.07 Å². The van der Waals surface area contributed by atoms with Crippen LogP contribution in [0.25, 0.3) is 0 Å². The third-order valence-electron chi connectivity index (χ3n) is 2.69. The lowest BCUT2D eigenvalue weighted by molar-refractivity contribution is 0.100. The lowest BCUT2D eigenvalue weighted by Gasteiger charge is -2.09. The minimum Gasteiger partial charge on any atom is -0.444 e. The lowest BCUT2D eigenvalue weighted by Crippen LogP contribution is -2.15. The highest BCUT2D eigenvalue weighted by Crippen LogP contribution is 2.19. The smallest absolute Gasteiger partial charge is 0.250 e. The number of nitrogen functional groups attached to an aromatic ring is 1. The number of oxazole rings is 1. The highest BCUT2D eigenvalue weighted by Gasteiger charge is 2.09. The molecule has 1 aromatic heterocycles. The van der Waals surface area contributed by atoms with E-state index >= 15 is 0 Å². The number of amides is 1. The van der Waals surface area contributed by atoms with Gasteiger partial charge in [0.1, 0.15) is 5.76 Å². The minimum atomic E-state index is -0.531. The Morgan fingerprint density at radius 3 is 2.89 bits per heavy atom. The molecule has 1 amide bonds. The summed E-state index contributed by atoms with van der Waals surface area (Å²) in [6.07, 6.45) is 2.48. The number of rotatable bonds is 5. The van der Waals surface area contributed by atoms with Gasteiger partial charge in [0.15, 0.2) is 0 Å². The molecule has 0 saturated heterocycles. The van der Waals surface area contributed by atoms with E-state index in [9.17, 15) is 4.79 Å². The molecule has 19 heavy (non-hydrogen) atoms. The fourth-order valence-corrected chi connectivity index (χ4v) is 1.68. The Balaban J connectivity index is 2.12. The molecule has 1 aromatic carbocycles. The van der Waals surface area contributed by atoms with E-state index in [4.69, 9.17) is 15.9 Å². The van der Waals surface area contributed by atoms with E-state index in [1.807, 2.05) is 6.92 Å². The second-order valence-electron chi connectivity index (χ2n) is 4.10. The molecule has 100 valence electrons. The van der Waals surface area contributed by atoms with Gasteiger partial charge in [0.05, 0.1) is 18.3 Å². The van der Waals surface area contributed by atoms with Gasteiger partial charge in [0, 0.05) is 17.8 Å². The number of hydrogen-bond donors (Lipinski definition) is 3. The number of aromatic nitrogens is 1. The van der Waals surface area contributed by atoms with Crippen molar-refractivity contribution < 1.29 is 9.21 Å². The maximum atomic E-state index is 11.3. The van der Waals surface area contributed by atoms with Crippen molar-refractivity contribution in [3.63, 3.8) is 0 Å². The van der Waals surface area contributed by atoms with E-state index in [-0.39, 0.29) is 0 Å². The second-order valence-corrected chi connectivity index (χ2v) is 4.10. The molecule has 0 aliphatic heterocycles. The molecular formula is C13H16N4O2. The topological polar surface area (TPSA) is 107 Å². The number of nitrogens with zero attached hydrogens (tertiary/aromatic N) is 1. The molecule has 0 spiro atoms. The molecule has 0 aliphatic rings. The van der Waals surface area contributed by atoms with Crippen molar-refractivity contribution in [2.45, 2.75) is 19.9 Å². The maximum absolute atomic E-state index is 11.3. The third-order valence-corrected chi connectivity index (χ3v) is 2.69. The van der Waals surface area contributed by atoms with E-state index in [2.05, 4.69) is 10.3 Å². The number of primary amides is 1. The molecule has 2 rings (SSSR count). The standard InChI is InChI=1S/C13H16N4O2/c1-2-9-6-17-12(19-9)7-16-11-4-3-8(14)5-10(11)13(15)18/h3-6,16H,2,7,14H2,1H3,(H2,15,18). The monoisotopic (exact) mass is 260 g/mol.